The van der Waals surface area contributed by atoms with Crippen LogP contribution in [0.3, 0.4) is 0 Å². The number of benzene rings is 2. The number of rotatable bonds is 5. The molecule has 1 unspecified atom stereocenters. The van der Waals surface area contributed by atoms with E-state index in [0.717, 1.165) is 41.0 Å². The van der Waals surface area contributed by atoms with Gasteiger partial charge >= 0.3 is 0 Å². The summed E-state index contributed by atoms with van der Waals surface area (Å²) in [5.41, 5.74) is 1.99. The molecule has 4 nitrogen and oxygen atoms in total. The Kier molecular flexibility index (Phi) is 5.58. The largest absolute Gasteiger partial charge is 0.377 e. The molecule has 1 atom stereocenters. The molecular formula is C20H20ClN3OS. The number of nitrogens with zero attached hydrogens (tertiary/aromatic N) is 3. The number of aromatic nitrogens is 3. The van der Waals surface area contributed by atoms with Gasteiger partial charge in [0.05, 0.1) is 6.10 Å². The summed E-state index contributed by atoms with van der Waals surface area (Å²) in [5, 5.41) is 10.5. The van der Waals surface area contributed by atoms with Crippen molar-refractivity contribution < 1.29 is 4.74 Å². The normalized spacial score (nSPS) is 17.3. The third-order valence-electron chi connectivity index (χ3n) is 4.40. The van der Waals surface area contributed by atoms with Gasteiger partial charge in [-0.1, -0.05) is 53.7 Å². The topological polar surface area (TPSA) is 39.9 Å². The van der Waals surface area contributed by atoms with Crippen molar-refractivity contribution >= 4 is 23.4 Å². The van der Waals surface area contributed by atoms with Crippen molar-refractivity contribution in [3.8, 4) is 17.1 Å². The summed E-state index contributed by atoms with van der Waals surface area (Å²) in [4.78, 5) is 0. The Morgan fingerprint density at radius 3 is 2.73 bits per heavy atom. The molecule has 134 valence electrons. The monoisotopic (exact) mass is 385 g/mol. The predicted molar refractivity (Wildman–Crippen MR) is 106 cm³/mol. The summed E-state index contributed by atoms with van der Waals surface area (Å²) >= 11 is 7.88. The third-order valence-corrected chi connectivity index (χ3v) is 5.70. The average Bonchev–Trinajstić information content (AvgIpc) is 3.12. The predicted octanol–water partition coefficient (Wildman–Crippen LogP) is 5.25. The third kappa shape index (κ3) is 3.95. The fourth-order valence-corrected chi connectivity index (χ4v) is 4.30. The van der Waals surface area contributed by atoms with Crippen molar-refractivity contribution in [1.82, 2.24) is 14.8 Å². The second-order valence-corrected chi connectivity index (χ2v) is 7.71. The summed E-state index contributed by atoms with van der Waals surface area (Å²) < 4.78 is 7.95. The van der Waals surface area contributed by atoms with Crippen LogP contribution in [0, 0.1) is 0 Å². The molecule has 26 heavy (non-hydrogen) atoms. The van der Waals surface area contributed by atoms with Gasteiger partial charge in [0.15, 0.2) is 11.0 Å². The van der Waals surface area contributed by atoms with Gasteiger partial charge in [-0.3, -0.25) is 4.57 Å². The molecule has 0 amide bonds. The molecule has 1 aromatic heterocycles. The van der Waals surface area contributed by atoms with E-state index in [0.29, 0.717) is 11.1 Å². The molecule has 3 aromatic rings. The molecule has 2 heterocycles. The highest BCUT2D eigenvalue weighted by Gasteiger charge is 2.19. The minimum Gasteiger partial charge on any atom is -0.377 e. The van der Waals surface area contributed by atoms with E-state index in [1.54, 1.807) is 11.8 Å². The zero-order valence-corrected chi connectivity index (χ0v) is 15.9. The Bertz CT molecular complexity index is 863. The molecule has 6 heteroatoms. The van der Waals surface area contributed by atoms with Crippen LogP contribution >= 0.6 is 23.4 Å². The van der Waals surface area contributed by atoms with E-state index in [1.165, 1.54) is 12.8 Å². The van der Waals surface area contributed by atoms with Gasteiger partial charge in [-0.15, -0.1) is 10.2 Å². The summed E-state index contributed by atoms with van der Waals surface area (Å²) in [5.74, 6) is 1.69. The van der Waals surface area contributed by atoms with E-state index in [4.69, 9.17) is 16.3 Å². The summed E-state index contributed by atoms with van der Waals surface area (Å²) in [7, 11) is 0. The van der Waals surface area contributed by atoms with Gasteiger partial charge in [0.25, 0.3) is 0 Å². The van der Waals surface area contributed by atoms with Crippen LogP contribution in [-0.4, -0.2) is 33.2 Å². The zero-order chi connectivity index (χ0) is 17.8. The number of ether oxygens (including phenoxy) is 1. The van der Waals surface area contributed by atoms with Crippen LogP contribution in [0.15, 0.2) is 59.8 Å². The maximum absolute atomic E-state index is 6.18. The lowest BCUT2D eigenvalue weighted by Crippen LogP contribution is -2.21. The van der Waals surface area contributed by atoms with Crippen LogP contribution in [0.2, 0.25) is 5.02 Å². The highest BCUT2D eigenvalue weighted by Crippen LogP contribution is 2.30. The van der Waals surface area contributed by atoms with Gasteiger partial charge in [-0.05, 0) is 43.5 Å². The molecule has 0 aliphatic carbocycles. The number of hydrogen-bond acceptors (Lipinski definition) is 4. The molecule has 1 fully saturated rings. The Hall–Kier alpha value is -1.82. The van der Waals surface area contributed by atoms with Crippen molar-refractivity contribution in [2.24, 2.45) is 0 Å². The highest BCUT2D eigenvalue weighted by atomic mass is 35.5. The number of halogens is 1. The van der Waals surface area contributed by atoms with Crippen LogP contribution in [-0.2, 0) is 4.74 Å². The second-order valence-electron chi connectivity index (χ2n) is 6.29. The fourth-order valence-electron chi connectivity index (χ4n) is 3.09. The van der Waals surface area contributed by atoms with Crippen LogP contribution in [0.4, 0.5) is 0 Å². The number of hydrogen-bond donors (Lipinski definition) is 0. The molecule has 0 spiro atoms. The molecule has 2 aromatic carbocycles. The Morgan fingerprint density at radius 1 is 1.08 bits per heavy atom. The molecule has 1 saturated heterocycles. The van der Waals surface area contributed by atoms with Crippen molar-refractivity contribution in [3.05, 3.63) is 59.6 Å². The van der Waals surface area contributed by atoms with E-state index in [1.807, 2.05) is 42.5 Å². The van der Waals surface area contributed by atoms with E-state index >= 15 is 0 Å². The maximum Gasteiger partial charge on any atom is 0.196 e. The van der Waals surface area contributed by atoms with Gasteiger partial charge in [0.2, 0.25) is 0 Å². The van der Waals surface area contributed by atoms with Gasteiger partial charge in [0.1, 0.15) is 0 Å². The van der Waals surface area contributed by atoms with E-state index in [2.05, 4.69) is 26.9 Å². The van der Waals surface area contributed by atoms with Gasteiger partial charge in [-0.25, -0.2) is 0 Å². The van der Waals surface area contributed by atoms with Crippen LogP contribution < -0.4 is 0 Å². The molecule has 0 radical (unpaired) electrons. The lowest BCUT2D eigenvalue weighted by Gasteiger charge is -2.22. The van der Waals surface area contributed by atoms with Gasteiger partial charge in [0, 0.05) is 28.6 Å². The van der Waals surface area contributed by atoms with Crippen LogP contribution in [0.1, 0.15) is 19.3 Å². The van der Waals surface area contributed by atoms with Gasteiger partial charge in [-0.2, -0.15) is 0 Å². The van der Waals surface area contributed by atoms with Crippen LogP contribution in [0.25, 0.3) is 17.1 Å². The van der Waals surface area contributed by atoms with Crippen molar-refractivity contribution in [3.63, 3.8) is 0 Å². The minimum atomic E-state index is 0.296. The summed E-state index contributed by atoms with van der Waals surface area (Å²) in [6, 6.07) is 17.9. The van der Waals surface area contributed by atoms with Crippen molar-refractivity contribution in [2.45, 2.75) is 30.5 Å². The molecule has 1 aliphatic heterocycles. The lowest BCUT2D eigenvalue weighted by molar-refractivity contribution is 0.0315. The number of para-hydroxylation sites is 1. The average molecular weight is 386 g/mol. The lowest BCUT2D eigenvalue weighted by atomic mass is 10.1. The number of thioether (sulfide) groups is 1. The molecule has 0 saturated carbocycles. The molecule has 0 bridgehead atoms. The molecule has 1 aliphatic rings. The Labute approximate surface area is 162 Å². The van der Waals surface area contributed by atoms with Gasteiger partial charge < -0.3 is 4.74 Å². The SMILES string of the molecule is Clc1cccc(-c2nnc(SCC3CCCCO3)n2-c2ccccc2)c1. The van der Waals surface area contributed by atoms with E-state index in [-0.39, 0.29) is 0 Å². The summed E-state index contributed by atoms with van der Waals surface area (Å²) in [6.07, 6.45) is 3.82. The second kappa shape index (κ2) is 8.25. The first kappa shape index (κ1) is 17.6. The van der Waals surface area contributed by atoms with E-state index in [9.17, 15) is 0 Å². The first-order valence-corrected chi connectivity index (χ1v) is 10.2. The summed E-state index contributed by atoms with van der Waals surface area (Å²) in [6.45, 7) is 0.865. The Morgan fingerprint density at radius 2 is 1.96 bits per heavy atom. The fraction of sp³-hybridized carbons (Fsp3) is 0.300. The first-order valence-electron chi connectivity index (χ1n) is 8.82. The molecule has 4 rings (SSSR count). The molecule has 0 N–H and O–H groups in total. The minimum absolute atomic E-state index is 0.296. The Balaban J connectivity index is 1.67. The smallest absolute Gasteiger partial charge is 0.196 e. The van der Waals surface area contributed by atoms with Crippen molar-refractivity contribution in [1.29, 1.82) is 0 Å². The van der Waals surface area contributed by atoms with Crippen LogP contribution in [0.5, 0.6) is 0 Å². The standard InChI is InChI=1S/C20H20ClN3OS/c21-16-8-6-7-15(13-16)19-22-23-20(24(19)17-9-2-1-3-10-17)26-14-18-11-4-5-12-25-18/h1-3,6-10,13,18H,4-5,11-12,14H2. The van der Waals surface area contributed by atoms with E-state index < -0.39 is 0 Å². The zero-order valence-electron chi connectivity index (χ0n) is 14.3. The maximum atomic E-state index is 6.18. The quantitative estimate of drug-likeness (QED) is 0.562. The van der Waals surface area contributed by atoms with Crippen molar-refractivity contribution in [2.75, 3.05) is 12.4 Å². The molecular weight excluding hydrogens is 366 g/mol. The highest BCUT2D eigenvalue weighted by molar-refractivity contribution is 7.99. The first-order chi connectivity index (χ1) is 12.8.